The summed E-state index contributed by atoms with van der Waals surface area (Å²) in [5, 5.41) is 0. The van der Waals surface area contributed by atoms with Crippen LogP contribution >= 0.6 is 15.9 Å². The van der Waals surface area contributed by atoms with Crippen LogP contribution in [0.4, 0.5) is 0 Å². The van der Waals surface area contributed by atoms with Gasteiger partial charge in [-0.3, -0.25) is 0 Å². The molecule has 0 saturated carbocycles. The minimum atomic E-state index is 0.544. The summed E-state index contributed by atoms with van der Waals surface area (Å²) in [6, 6.07) is 0. The highest BCUT2D eigenvalue weighted by atomic mass is 79.9. The Morgan fingerprint density at radius 1 is 1.56 bits per heavy atom. The zero-order valence-electron chi connectivity index (χ0n) is 5.76. The summed E-state index contributed by atoms with van der Waals surface area (Å²) in [5.74, 6) is 0.647. The van der Waals surface area contributed by atoms with Gasteiger partial charge in [0.1, 0.15) is 0 Å². The number of hydrogen-bond donors (Lipinski definition) is 0. The molecule has 0 heterocycles. The van der Waals surface area contributed by atoms with Crippen LogP contribution in [0.2, 0.25) is 0 Å². The first kappa shape index (κ1) is 7.07. The van der Waals surface area contributed by atoms with Crippen molar-refractivity contribution in [2.45, 2.75) is 18.7 Å². The highest BCUT2D eigenvalue weighted by Gasteiger charge is 2.10. The van der Waals surface area contributed by atoms with Gasteiger partial charge in [0.25, 0.3) is 0 Å². The fraction of sp³-hybridized carbons (Fsp3) is 0.500. The van der Waals surface area contributed by atoms with Crippen LogP contribution in [0.25, 0.3) is 0 Å². The van der Waals surface area contributed by atoms with E-state index in [0.717, 1.165) is 0 Å². The zero-order chi connectivity index (χ0) is 6.85. The average molecular weight is 187 g/mol. The number of allylic oxidation sites excluding steroid dienone is 4. The van der Waals surface area contributed by atoms with E-state index in [-0.39, 0.29) is 0 Å². The van der Waals surface area contributed by atoms with Gasteiger partial charge < -0.3 is 0 Å². The third kappa shape index (κ3) is 1.68. The number of rotatable bonds is 0. The molecule has 50 valence electrons. The molecule has 0 saturated heterocycles. The largest absolute Gasteiger partial charge is 0.0839 e. The fourth-order valence-electron chi connectivity index (χ4n) is 0.868. The maximum Gasteiger partial charge on any atom is 0.0391 e. The molecule has 0 aromatic rings. The molecular weight excluding hydrogens is 176 g/mol. The standard InChI is InChI=1S/C8H11Br/c1-6-3-4-7(2)8(9)5-6/h3-5,7-8H,1-2H3. The normalized spacial score (nSPS) is 34.3. The second kappa shape index (κ2) is 2.70. The Morgan fingerprint density at radius 3 is 2.67 bits per heavy atom. The van der Waals surface area contributed by atoms with Gasteiger partial charge >= 0.3 is 0 Å². The third-order valence-electron chi connectivity index (χ3n) is 1.59. The molecule has 0 aliphatic heterocycles. The van der Waals surface area contributed by atoms with Crippen LogP contribution in [-0.2, 0) is 0 Å². The van der Waals surface area contributed by atoms with Crippen molar-refractivity contribution in [3.05, 3.63) is 23.8 Å². The summed E-state index contributed by atoms with van der Waals surface area (Å²) < 4.78 is 0. The van der Waals surface area contributed by atoms with E-state index in [1.807, 2.05) is 0 Å². The minimum Gasteiger partial charge on any atom is -0.0839 e. The lowest BCUT2D eigenvalue weighted by atomic mass is 9.99. The third-order valence-corrected chi connectivity index (χ3v) is 2.69. The molecule has 0 aromatic carbocycles. The van der Waals surface area contributed by atoms with E-state index in [1.54, 1.807) is 0 Å². The predicted molar refractivity (Wildman–Crippen MR) is 44.8 cm³/mol. The smallest absolute Gasteiger partial charge is 0.0391 e. The molecule has 9 heavy (non-hydrogen) atoms. The van der Waals surface area contributed by atoms with Gasteiger partial charge in [0.05, 0.1) is 0 Å². The number of halogens is 1. The van der Waals surface area contributed by atoms with Crippen LogP contribution in [0.5, 0.6) is 0 Å². The molecular formula is C8H11Br. The average Bonchev–Trinajstić information content (AvgIpc) is 1.80. The second-order valence-corrected chi connectivity index (χ2v) is 3.63. The zero-order valence-corrected chi connectivity index (χ0v) is 7.35. The van der Waals surface area contributed by atoms with Crippen LogP contribution in [0.15, 0.2) is 23.8 Å². The van der Waals surface area contributed by atoms with Gasteiger partial charge in [-0.15, -0.1) is 0 Å². The molecule has 0 amide bonds. The molecule has 1 heteroatoms. The molecule has 0 spiro atoms. The Kier molecular flexibility index (Phi) is 2.12. The van der Waals surface area contributed by atoms with E-state index in [4.69, 9.17) is 0 Å². The summed E-state index contributed by atoms with van der Waals surface area (Å²) in [7, 11) is 0. The topological polar surface area (TPSA) is 0 Å². The Balaban J connectivity index is 2.70. The van der Waals surface area contributed by atoms with Crippen LogP contribution in [0.1, 0.15) is 13.8 Å². The van der Waals surface area contributed by atoms with Crippen LogP contribution in [-0.4, -0.2) is 4.83 Å². The van der Waals surface area contributed by atoms with Gasteiger partial charge in [-0.1, -0.05) is 46.7 Å². The van der Waals surface area contributed by atoms with Crippen LogP contribution < -0.4 is 0 Å². The van der Waals surface area contributed by atoms with Gasteiger partial charge in [-0.25, -0.2) is 0 Å². The summed E-state index contributed by atoms with van der Waals surface area (Å²) in [6.07, 6.45) is 6.64. The van der Waals surface area contributed by atoms with Gasteiger partial charge in [-0.2, -0.15) is 0 Å². The van der Waals surface area contributed by atoms with E-state index in [1.165, 1.54) is 5.57 Å². The van der Waals surface area contributed by atoms with Crippen molar-refractivity contribution in [2.75, 3.05) is 0 Å². The Morgan fingerprint density at radius 2 is 2.22 bits per heavy atom. The van der Waals surface area contributed by atoms with Crippen molar-refractivity contribution in [1.82, 2.24) is 0 Å². The molecule has 0 aromatic heterocycles. The maximum atomic E-state index is 3.57. The summed E-state index contributed by atoms with van der Waals surface area (Å²) in [4.78, 5) is 0.544. The molecule has 1 rings (SSSR count). The van der Waals surface area contributed by atoms with Crippen molar-refractivity contribution < 1.29 is 0 Å². The highest BCUT2D eigenvalue weighted by Crippen LogP contribution is 2.22. The molecule has 0 bridgehead atoms. The van der Waals surface area contributed by atoms with Crippen molar-refractivity contribution in [1.29, 1.82) is 0 Å². The van der Waals surface area contributed by atoms with E-state index in [2.05, 4.69) is 48.0 Å². The molecule has 2 atom stereocenters. The van der Waals surface area contributed by atoms with E-state index >= 15 is 0 Å². The lowest BCUT2D eigenvalue weighted by molar-refractivity contribution is 0.756. The first-order chi connectivity index (χ1) is 4.20. The summed E-state index contributed by atoms with van der Waals surface area (Å²) >= 11 is 3.57. The monoisotopic (exact) mass is 186 g/mol. The predicted octanol–water partition coefficient (Wildman–Crippen LogP) is 2.90. The van der Waals surface area contributed by atoms with Gasteiger partial charge in [-0.05, 0) is 12.8 Å². The fourth-order valence-corrected chi connectivity index (χ4v) is 1.46. The van der Waals surface area contributed by atoms with Gasteiger partial charge in [0, 0.05) is 4.83 Å². The van der Waals surface area contributed by atoms with Crippen molar-refractivity contribution in [3.63, 3.8) is 0 Å². The van der Waals surface area contributed by atoms with E-state index < -0.39 is 0 Å². The first-order valence-corrected chi connectivity index (χ1v) is 4.12. The highest BCUT2D eigenvalue weighted by molar-refractivity contribution is 9.09. The lowest BCUT2D eigenvalue weighted by Crippen LogP contribution is -2.08. The van der Waals surface area contributed by atoms with E-state index in [0.29, 0.717) is 10.7 Å². The Labute approximate surface area is 64.8 Å². The molecule has 1 aliphatic carbocycles. The Bertz CT molecular complexity index is 156. The second-order valence-electron chi connectivity index (χ2n) is 2.57. The SMILES string of the molecule is CC1=CC(Br)C(C)C=C1. The van der Waals surface area contributed by atoms with Crippen LogP contribution in [0.3, 0.4) is 0 Å². The van der Waals surface area contributed by atoms with Crippen molar-refractivity contribution in [3.8, 4) is 0 Å². The van der Waals surface area contributed by atoms with Crippen LogP contribution in [0, 0.1) is 5.92 Å². The van der Waals surface area contributed by atoms with Gasteiger partial charge in [0.2, 0.25) is 0 Å². The molecule has 0 N–H and O–H groups in total. The quantitative estimate of drug-likeness (QED) is 0.511. The molecule has 0 nitrogen and oxygen atoms in total. The number of alkyl halides is 1. The van der Waals surface area contributed by atoms with Crippen molar-refractivity contribution in [2.24, 2.45) is 5.92 Å². The first-order valence-electron chi connectivity index (χ1n) is 3.21. The minimum absolute atomic E-state index is 0.544. The van der Waals surface area contributed by atoms with E-state index in [9.17, 15) is 0 Å². The maximum absolute atomic E-state index is 3.57. The summed E-state index contributed by atoms with van der Waals surface area (Å²) in [5.41, 5.74) is 1.36. The Hall–Kier alpha value is -0.0400. The number of hydrogen-bond acceptors (Lipinski definition) is 0. The molecule has 0 fully saturated rings. The van der Waals surface area contributed by atoms with Gasteiger partial charge in [0.15, 0.2) is 0 Å². The lowest BCUT2D eigenvalue weighted by Gasteiger charge is -2.15. The molecule has 0 radical (unpaired) electrons. The van der Waals surface area contributed by atoms with Crippen molar-refractivity contribution >= 4 is 15.9 Å². The molecule has 2 unspecified atom stereocenters. The summed E-state index contributed by atoms with van der Waals surface area (Å²) in [6.45, 7) is 4.33. The molecule has 1 aliphatic rings.